The molecule has 0 radical (unpaired) electrons. The summed E-state index contributed by atoms with van der Waals surface area (Å²) >= 11 is 0. The summed E-state index contributed by atoms with van der Waals surface area (Å²) < 4.78 is 10.7. The number of methoxy groups -OCH3 is 2. The molecule has 1 aliphatic carbocycles. The first-order valence-corrected chi connectivity index (χ1v) is 7.54. The monoisotopic (exact) mass is 291 g/mol. The van der Waals surface area contributed by atoms with Crippen LogP contribution in [0.2, 0.25) is 0 Å². The third-order valence-corrected chi connectivity index (χ3v) is 4.28. The first-order chi connectivity index (χ1) is 10.2. The van der Waals surface area contributed by atoms with Gasteiger partial charge >= 0.3 is 0 Å². The van der Waals surface area contributed by atoms with Gasteiger partial charge in [0.25, 0.3) is 0 Å². The lowest BCUT2D eigenvalue weighted by Crippen LogP contribution is -2.36. The Morgan fingerprint density at radius 2 is 2.14 bits per heavy atom. The minimum Gasteiger partial charge on any atom is -0.496 e. The fourth-order valence-electron chi connectivity index (χ4n) is 2.73. The van der Waals surface area contributed by atoms with Gasteiger partial charge in [-0.3, -0.25) is 9.69 Å². The van der Waals surface area contributed by atoms with Crippen LogP contribution in [-0.2, 0) is 11.3 Å². The van der Waals surface area contributed by atoms with Crippen molar-refractivity contribution in [1.82, 2.24) is 4.90 Å². The molecule has 0 spiro atoms. The fraction of sp³-hybridized carbons (Fsp3) is 0.588. The molecule has 1 aromatic carbocycles. The van der Waals surface area contributed by atoms with E-state index in [1.165, 1.54) is 12.8 Å². The zero-order valence-electron chi connectivity index (χ0n) is 13.2. The molecular weight excluding hydrogens is 266 g/mol. The van der Waals surface area contributed by atoms with Gasteiger partial charge in [0, 0.05) is 37.4 Å². The van der Waals surface area contributed by atoms with Gasteiger partial charge in [-0.15, -0.1) is 0 Å². The van der Waals surface area contributed by atoms with E-state index in [9.17, 15) is 4.79 Å². The van der Waals surface area contributed by atoms with Crippen LogP contribution < -0.4 is 4.74 Å². The number of nitrogens with zero attached hydrogens (tertiary/aromatic N) is 1. The summed E-state index contributed by atoms with van der Waals surface area (Å²) in [5.74, 6) is 1.63. The second kappa shape index (κ2) is 7.57. The molecule has 2 rings (SSSR count). The van der Waals surface area contributed by atoms with Crippen molar-refractivity contribution in [2.75, 3.05) is 27.4 Å². The molecule has 0 saturated heterocycles. The van der Waals surface area contributed by atoms with Gasteiger partial charge in [0.05, 0.1) is 13.7 Å². The average Bonchev–Trinajstić information content (AvgIpc) is 3.35. The summed E-state index contributed by atoms with van der Waals surface area (Å²) in [7, 11) is 3.40. The van der Waals surface area contributed by atoms with Crippen LogP contribution in [0.15, 0.2) is 18.2 Å². The van der Waals surface area contributed by atoms with E-state index in [1.54, 1.807) is 20.3 Å². The largest absolute Gasteiger partial charge is 0.496 e. The highest BCUT2D eigenvalue weighted by Crippen LogP contribution is 2.36. The molecule has 1 fully saturated rings. The lowest BCUT2D eigenvalue weighted by molar-refractivity contribution is 0.110. The Kier molecular flexibility index (Phi) is 5.76. The lowest BCUT2D eigenvalue weighted by atomic mass is 10.1. The van der Waals surface area contributed by atoms with Gasteiger partial charge in [0.15, 0.2) is 0 Å². The summed E-state index contributed by atoms with van der Waals surface area (Å²) in [6.07, 6.45) is 3.51. The fourth-order valence-corrected chi connectivity index (χ4v) is 2.73. The third kappa shape index (κ3) is 4.29. The van der Waals surface area contributed by atoms with Crippen LogP contribution in [0.25, 0.3) is 0 Å². The molecule has 0 N–H and O–H groups in total. The van der Waals surface area contributed by atoms with Gasteiger partial charge in [-0.05, 0) is 43.9 Å². The van der Waals surface area contributed by atoms with E-state index in [2.05, 4.69) is 11.8 Å². The Balaban J connectivity index is 2.15. The topological polar surface area (TPSA) is 38.8 Å². The third-order valence-electron chi connectivity index (χ3n) is 4.28. The predicted octanol–water partition coefficient (Wildman–Crippen LogP) is 2.75. The molecule has 0 bridgehead atoms. The number of rotatable bonds is 9. The highest BCUT2D eigenvalue weighted by Gasteiger charge is 2.32. The minimum atomic E-state index is 0.532. The number of hydrogen-bond donors (Lipinski definition) is 0. The summed E-state index contributed by atoms with van der Waals surface area (Å²) in [4.78, 5) is 13.4. The van der Waals surface area contributed by atoms with Gasteiger partial charge in [0.1, 0.15) is 12.0 Å². The highest BCUT2D eigenvalue weighted by molar-refractivity contribution is 5.75. The number of carbonyl (C=O) groups is 1. The van der Waals surface area contributed by atoms with Crippen molar-refractivity contribution >= 4 is 6.29 Å². The van der Waals surface area contributed by atoms with Crippen molar-refractivity contribution in [3.05, 3.63) is 29.3 Å². The second-order valence-electron chi connectivity index (χ2n) is 5.73. The van der Waals surface area contributed by atoms with E-state index >= 15 is 0 Å². The Labute approximate surface area is 127 Å². The zero-order chi connectivity index (χ0) is 15.2. The SMILES string of the molecule is COCCN(Cc1cc(C=O)ccc1OC)C(C)C1CC1. The summed E-state index contributed by atoms with van der Waals surface area (Å²) in [6, 6.07) is 6.12. The number of aldehydes is 1. The van der Waals surface area contributed by atoms with Gasteiger partial charge in [-0.2, -0.15) is 0 Å². The normalized spacial score (nSPS) is 16.0. The molecular formula is C17H25NO3. The summed E-state index contributed by atoms with van der Waals surface area (Å²) in [6.45, 7) is 4.67. The molecule has 0 heterocycles. The predicted molar refractivity (Wildman–Crippen MR) is 82.9 cm³/mol. The van der Waals surface area contributed by atoms with Crippen molar-refractivity contribution in [2.24, 2.45) is 5.92 Å². The van der Waals surface area contributed by atoms with Gasteiger partial charge in [-0.25, -0.2) is 0 Å². The van der Waals surface area contributed by atoms with E-state index in [0.29, 0.717) is 18.2 Å². The summed E-state index contributed by atoms with van der Waals surface area (Å²) in [5.41, 5.74) is 1.75. The van der Waals surface area contributed by atoms with E-state index < -0.39 is 0 Å². The molecule has 4 heteroatoms. The van der Waals surface area contributed by atoms with Crippen molar-refractivity contribution < 1.29 is 14.3 Å². The molecule has 1 saturated carbocycles. The van der Waals surface area contributed by atoms with Gasteiger partial charge in [-0.1, -0.05) is 0 Å². The Hall–Kier alpha value is -1.39. The minimum absolute atomic E-state index is 0.532. The van der Waals surface area contributed by atoms with Gasteiger partial charge < -0.3 is 9.47 Å². The Morgan fingerprint density at radius 1 is 1.38 bits per heavy atom. The van der Waals surface area contributed by atoms with Crippen molar-refractivity contribution in [1.29, 1.82) is 0 Å². The number of hydrogen-bond acceptors (Lipinski definition) is 4. The first-order valence-electron chi connectivity index (χ1n) is 7.54. The van der Waals surface area contributed by atoms with Crippen LogP contribution in [0, 0.1) is 5.92 Å². The molecule has 0 amide bonds. The molecule has 1 aromatic rings. The van der Waals surface area contributed by atoms with E-state index in [-0.39, 0.29) is 0 Å². The number of ether oxygens (including phenoxy) is 2. The van der Waals surface area contributed by atoms with Crippen LogP contribution in [0.4, 0.5) is 0 Å². The number of carbonyl (C=O) groups excluding carboxylic acids is 1. The lowest BCUT2D eigenvalue weighted by Gasteiger charge is -2.29. The quantitative estimate of drug-likeness (QED) is 0.656. The summed E-state index contributed by atoms with van der Waals surface area (Å²) in [5, 5.41) is 0. The molecule has 1 aliphatic rings. The molecule has 116 valence electrons. The Bertz CT molecular complexity index is 471. The molecule has 0 aromatic heterocycles. The molecule has 1 atom stereocenters. The highest BCUT2D eigenvalue weighted by atomic mass is 16.5. The molecule has 21 heavy (non-hydrogen) atoms. The molecule has 4 nitrogen and oxygen atoms in total. The van der Waals surface area contributed by atoms with E-state index in [1.807, 2.05) is 12.1 Å². The smallest absolute Gasteiger partial charge is 0.150 e. The maximum Gasteiger partial charge on any atom is 0.150 e. The number of benzene rings is 1. The van der Waals surface area contributed by atoms with E-state index in [4.69, 9.17) is 9.47 Å². The molecule has 1 unspecified atom stereocenters. The van der Waals surface area contributed by atoms with Crippen LogP contribution >= 0.6 is 0 Å². The van der Waals surface area contributed by atoms with Crippen molar-refractivity contribution in [2.45, 2.75) is 32.4 Å². The van der Waals surface area contributed by atoms with Crippen LogP contribution in [-0.4, -0.2) is 44.6 Å². The molecule has 0 aliphatic heterocycles. The Morgan fingerprint density at radius 3 is 2.71 bits per heavy atom. The zero-order valence-corrected chi connectivity index (χ0v) is 13.2. The maximum absolute atomic E-state index is 11.0. The average molecular weight is 291 g/mol. The van der Waals surface area contributed by atoms with Crippen molar-refractivity contribution in [3.8, 4) is 5.75 Å². The van der Waals surface area contributed by atoms with Crippen LogP contribution in [0.3, 0.4) is 0 Å². The van der Waals surface area contributed by atoms with E-state index in [0.717, 1.165) is 36.6 Å². The van der Waals surface area contributed by atoms with Gasteiger partial charge in [0.2, 0.25) is 0 Å². The maximum atomic E-state index is 11.0. The van der Waals surface area contributed by atoms with Crippen molar-refractivity contribution in [3.63, 3.8) is 0 Å². The second-order valence-corrected chi connectivity index (χ2v) is 5.73. The van der Waals surface area contributed by atoms with Crippen LogP contribution in [0.5, 0.6) is 5.75 Å². The van der Waals surface area contributed by atoms with Crippen LogP contribution in [0.1, 0.15) is 35.7 Å². The standard InChI is InChI=1S/C17H25NO3/c1-13(15-5-6-15)18(8-9-20-2)11-16-10-14(12-19)4-7-17(16)21-3/h4,7,10,12-13,15H,5-6,8-9,11H2,1-3H3. The first kappa shape index (κ1) is 16.0.